The summed E-state index contributed by atoms with van der Waals surface area (Å²) < 4.78 is 19.8. The van der Waals surface area contributed by atoms with Crippen LogP contribution >= 0.6 is 41.8 Å². The van der Waals surface area contributed by atoms with Gasteiger partial charge >= 0.3 is 0 Å². The van der Waals surface area contributed by atoms with Gasteiger partial charge in [0, 0.05) is 22.6 Å². The molecule has 0 radical (unpaired) electrons. The van der Waals surface area contributed by atoms with Crippen LogP contribution in [0, 0.1) is 0 Å². The van der Waals surface area contributed by atoms with Gasteiger partial charge in [0.2, 0.25) is 7.29 Å². The predicted octanol–water partition coefficient (Wildman–Crippen LogP) is 9.76. The molecular weight excluding hydrogens is 530 g/mol. The van der Waals surface area contributed by atoms with Crippen molar-refractivity contribution in [1.82, 2.24) is 4.98 Å². The number of rotatable bonds is 10. The summed E-state index contributed by atoms with van der Waals surface area (Å²) in [5, 5.41) is 6.24. The molecule has 0 saturated heterocycles. The van der Waals surface area contributed by atoms with E-state index in [9.17, 15) is 4.57 Å². The Hall–Kier alpha value is -2.82. The SMILES string of the molecule is CCCOc1ccc(-c2csc(NP(=O)(/C=C(\Cl)c3ccccc3)/C=C(\Cl)c3ccccc3)n2)cc1. The molecule has 0 spiro atoms. The minimum Gasteiger partial charge on any atom is -0.494 e. The van der Waals surface area contributed by atoms with Gasteiger partial charge in [-0.3, -0.25) is 4.57 Å². The lowest BCUT2D eigenvalue weighted by Crippen LogP contribution is -1.95. The number of anilines is 1. The van der Waals surface area contributed by atoms with Crippen molar-refractivity contribution < 1.29 is 9.30 Å². The lowest BCUT2D eigenvalue weighted by Gasteiger charge is -2.14. The monoisotopic (exact) mass is 554 g/mol. The van der Waals surface area contributed by atoms with Crippen LogP contribution in [-0.2, 0) is 4.57 Å². The van der Waals surface area contributed by atoms with Crippen LogP contribution in [-0.4, -0.2) is 11.6 Å². The first-order valence-corrected chi connectivity index (χ1v) is 14.9. The molecule has 1 heterocycles. The van der Waals surface area contributed by atoms with E-state index in [0.717, 1.165) is 34.6 Å². The second-order valence-corrected chi connectivity index (χ2v) is 11.7. The van der Waals surface area contributed by atoms with Crippen LogP contribution in [0.4, 0.5) is 5.13 Å². The molecule has 36 heavy (non-hydrogen) atoms. The van der Waals surface area contributed by atoms with E-state index in [1.54, 1.807) is 0 Å². The van der Waals surface area contributed by atoms with Crippen molar-refractivity contribution in [2.24, 2.45) is 0 Å². The Morgan fingerprint density at radius 1 is 0.917 bits per heavy atom. The van der Waals surface area contributed by atoms with E-state index in [-0.39, 0.29) is 0 Å². The van der Waals surface area contributed by atoms with Gasteiger partial charge in [0.05, 0.1) is 22.4 Å². The molecule has 3 aromatic carbocycles. The van der Waals surface area contributed by atoms with Crippen LogP contribution in [0.3, 0.4) is 0 Å². The van der Waals surface area contributed by atoms with Crippen molar-refractivity contribution >= 4 is 57.0 Å². The molecule has 8 heteroatoms. The zero-order valence-electron chi connectivity index (χ0n) is 19.6. The van der Waals surface area contributed by atoms with Gasteiger partial charge in [0.15, 0.2) is 5.13 Å². The quantitative estimate of drug-likeness (QED) is 0.198. The Morgan fingerprint density at radius 3 is 2.00 bits per heavy atom. The predicted molar refractivity (Wildman–Crippen MR) is 155 cm³/mol. The minimum absolute atomic E-state index is 0.361. The van der Waals surface area contributed by atoms with Gasteiger partial charge in [0.25, 0.3) is 0 Å². The Labute approximate surface area is 225 Å². The van der Waals surface area contributed by atoms with Gasteiger partial charge in [-0.2, -0.15) is 0 Å². The number of thiazole rings is 1. The van der Waals surface area contributed by atoms with Gasteiger partial charge in [-0.1, -0.05) is 90.8 Å². The summed E-state index contributed by atoms with van der Waals surface area (Å²) in [6.45, 7) is 2.75. The highest BCUT2D eigenvalue weighted by Gasteiger charge is 2.21. The summed E-state index contributed by atoms with van der Waals surface area (Å²) in [5.41, 5.74) is 3.23. The molecular formula is C28H25Cl2N2O2PS. The second kappa shape index (κ2) is 12.4. The van der Waals surface area contributed by atoms with Crippen LogP contribution < -0.4 is 9.82 Å². The second-order valence-electron chi connectivity index (χ2n) is 7.92. The Kier molecular flexibility index (Phi) is 9.06. The van der Waals surface area contributed by atoms with Gasteiger partial charge in [-0.15, -0.1) is 11.3 Å². The molecule has 0 atom stereocenters. The van der Waals surface area contributed by atoms with Crippen molar-refractivity contribution in [3.05, 3.63) is 113 Å². The van der Waals surface area contributed by atoms with Gasteiger partial charge < -0.3 is 9.82 Å². The normalized spacial score (nSPS) is 12.4. The maximum atomic E-state index is 14.2. The number of nitrogens with zero attached hydrogens (tertiary/aromatic N) is 1. The zero-order chi connectivity index (χ0) is 25.4. The summed E-state index contributed by atoms with van der Waals surface area (Å²) in [6, 6.07) is 26.5. The molecule has 1 N–H and O–H groups in total. The highest BCUT2D eigenvalue weighted by molar-refractivity contribution is 7.72. The molecule has 0 fully saturated rings. The highest BCUT2D eigenvalue weighted by atomic mass is 35.5. The number of hydrogen-bond donors (Lipinski definition) is 1. The molecule has 0 bridgehead atoms. The summed E-state index contributed by atoms with van der Waals surface area (Å²) in [5.74, 6) is 3.87. The molecule has 0 aliphatic carbocycles. The molecule has 184 valence electrons. The first-order valence-electron chi connectivity index (χ1n) is 11.4. The van der Waals surface area contributed by atoms with E-state index in [0.29, 0.717) is 21.8 Å². The van der Waals surface area contributed by atoms with Crippen molar-refractivity contribution in [2.45, 2.75) is 13.3 Å². The maximum absolute atomic E-state index is 14.2. The Balaban J connectivity index is 1.63. The molecule has 4 aromatic rings. The third-order valence-electron chi connectivity index (χ3n) is 5.11. The fraction of sp³-hybridized carbons (Fsp3) is 0.107. The smallest absolute Gasteiger partial charge is 0.217 e. The molecule has 0 saturated carbocycles. The molecule has 0 unspecified atom stereocenters. The van der Waals surface area contributed by atoms with Crippen molar-refractivity contribution in [3.8, 4) is 17.0 Å². The number of hydrogen-bond acceptors (Lipinski definition) is 4. The maximum Gasteiger partial charge on any atom is 0.217 e. The minimum atomic E-state index is -3.39. The van der Waals surface area contributed by atoms with E-state index in [1.807, 2.05) is 90.3 Å². The Bertz CT molecular complexity index is 1330. The standard InChI is InChI=1S/C28H25Cl2N2O2PS/c1-2-17-34-24-15-13-23(14-16-24)27-20-36-28(31-27)32-35(33,18-25(29)21-9-5-3-6-10-21)19-26(30)22-11-7-4-8-12-22/h3-16,18-20H,2,17H2,1H3,(H,31,32,33)/b25-18-,26-19-. The van der Waals surface area contributed by atoms with E-state index in [2.05, 4.69) is 17.0 Å². The van der Waals surface area contributed by atoms with Gasteiger partial charge in [-0.05, 0) is 41.8 Å². The largest absolute Gasteiger partial charge is 0.494 e. The topological polar surface area (TPSA) is 51.2 Å². The fourth-order valence-electron chi connectivity index (χ4n) is 3.33. The number of benzene rings is 3. The van der Waals surface area contributed by atoms with Gasteiger partial charge in [0.1, 0.15) is 5.75 Å². The van der Waals surface area contributed by atoms with Crippen LogP contribution in [0.2, 0.25) is 0 Å². The lowest BCUT2D eigenvalue weighted by atomic mass is 10.2. The molecule has 1 aromatic heterocycles. The molecule has 0 aliphatic rings. The fourth-order valence-corrected chi connectivity index (χ4v) is 7.18. The van der Waals surface area contributed by atoms with Crippen LogP contribution in [0.25, 0.3) is 21.3 Å². The lowest BCUT2D eigenvalue weighted by molar-refractivity contribution is 0.317. The van der Waals surface area contributed by atoms with E-state index in [4.69, 9.17) is 27.9 Å². The third kappa shape index (κ3) is 7.11. The summed E-state index contributed by atoms with van der Waals surface area (Å²) >= 11 is 14.5. The van der Waals surface area contributed by atoms with Crippen molar-refractivity contribution in [2.75, 3.05) is 11.7 Å². The molecule has 4 nitrogen and oxygen atoms in total. The Morgan fingerprint density at radius 2 is 1.47 bits per heavy atom. The van der Waals surface area contributed by atoms with Crippen LogP contribution in [0.1, 0.15) is 24.5 Å². The van der Waals surface area contributed by atoms with E-state index in [1.165, 1.54) is 23.0 Å². The van der Waals surface area contributed by atoms with E-state index >= 15 is 0 Å². The van der Waals surface area contributed by atoms with Crippen molar-refractivity contribution in [1.29, 1.82) is 0 Å². The average Bonchev–Trinajstić information content (AvgIpc) is 3.36. The summed E-state index contributed by atoms with van der Waals surface area (Å²) in [6.07, 6.45) is 0.953. The third-order valence-corrected chi connectivity index (χ3v) is 8.82. The number of ether oxygens (including phenoxy) is 1. The molecule has 0 amide bonds. The number of aromatic nitrogens is 1. The van der Waals surface area contributed by atoms with Crippen LogP contribution in [0.5, 0.6) is 5.75 Å². The summed E-state index contributed by atoms with van der Waals surface area (Å²) in [7, 11) is -3.39. The molecule has 4 rings (SSSR count). The van der Waals surface area contributed by atoms with Gasteiger partial charge in [-0.25, -0.2) is 4.98 Å². The average molecular weight is 555 g/mol. The van der Waals surface area contributed by atoms with Crippen LogP contribution in [0.15, 0.2) is 102 Å². The summed E-state index contributed by atoms with van der Waals surface area (Å²) in [4.78, 5) is 4.67. The number of nitrogens with one attached hydrogen (secondary N) is 1. The first-order chi connectivity index (χ1) is 17.5. The van der Waals surface area contributed by atoms with Crippen molar-refractivity contribution in [3.63, 3.8) is 0 Å². The first kappa shape index (κ1) is 26.2. The highest BCUT2D eigenvalue weighted by Crippen LogP contribution is 2.54. The molecule has 0 aliphatic heterocycles. The van der Waals surface area contributed by atoms with E-state index < -0.39 is 7.29 Å². The zero-order valence-corrected chi connectivity index (χ0v) is 22.8. The number of halogens is 2.